The van der Waals surface area contributed by atoms with Gasteiger partial charge in [-0.05, 0) is 52.0 Å². The summed E-state index contributed by atoms with van der Waals surface area (Å²) in [6.45, 7) is 6.40. The summed E-state index contributed by atoms with van der Waals surface area (Å²) < 4.78 is 62.3. The van der Waals surface area contributed by atoms with Crippen LogP contribution in [-0.2, 0) is 21.4 Å². The van der Waals surface area contributed by atoms with E-state index in [0.29, 0.717) is 9.67 Å². The highest BCUT2D eigenvalue weighted by molar-refractivity contribution is 7.90. The molecular formula is C22H24F2N4O4S. The van der Waals surface area contributed by atoms with Crippen molar-refractivity contribution in [3.05, 3.63) is 65.7 Å². The van der Waals surface area contributed by atoms with Gasteiger partial charge in [-0.15, -0.1) is 0 Å². The van der Waals surface area contributed by atoms with Gasteiger partial charge in [-0.3, -0.25) is 0 Å². The number of aryl methyl sites for hydroxylation is 1. The van der Waals surface area contributed by atoms with Crippen molar-refractivity contribution in [2.45, 2.75) is 44.9 Å². The third-order valence-electron chi connectivity index (χ3n) is 5.01. The predicted octanol–water partition coefficient (Wildman–Crippen LogP) is 4.14. The van der Waals surface area contributed by atoms with Gasteiger partial charge >= 0.3 is 6.09 Å². The van der Waals surface area contributed by atoms with Gasteiger partial charge in [0.05, 0.1) is 5.56 Å². The average Bonchev–Trinajstić information content (AvgIpc) is 3.08. The molecule has 33 heavy (non-hydrogen) atoms. The van der Waals surface area contributed by atoms with Crippen molar-refractivity contribution in [3.63, 3.8) is 0 Å². The Bertz CT molecular complexity index is 1300. The molecule has 176 valence electrons. The number of carbonyl (C=O) groups is 1. The summed E-state index contributed by atoms with van der Waals surface area (Å²) in [7, 11) is -2.89. The zero-order valence-electron chi connectivity index (χ0n) is 18.8. The molecule has 0 radical (unpaired) electrons. The molecule has 0 saturated carbocycles. The van der Waals surface area contributed by atoms with E-state index in [-0.39, 0.29) is 16.2 Å². The molecule has 0 bridgehead atoms. The Morgan fingerprint density at radius 2 is 1.88 bits per heavy atom. The number of rotatable bonds is 5. The first kappa shape index (κ1) is 24.3. The molecule has 0 aliphatic heterocycles. The third-order valence-corrected chi connectivity index (χ3v) is 6.58. The van der Waals surface area contributed by atoms with E-state index in [9.17, 15) is 17.6 Å². The van der Waals surface area contributed by atoms with Crippen molar-refractivity contribution < 1.29 is 26.7 Å². The van der Waals surface area contributed by atoms with E-state index in [2.05, 4.69) is 9.97 Å². The van der Waals surface area contributed by atoms with Gasteiger partial charge in [0, 0.05) is 36.2 Å². The van der Waals surface area contributed by atoms with Crippen LogP contribution in [-0.4, -0.2) is 45.9 Å². The van der Waals surface area contributed by atoms with E-state index in [1.807, 2.05) is 0 Å². The number of amides is 1. The van der Waals surface area contributed by atoms with Crippen LogP contribution in [0.4, 0.5) is 13.6 Å². The lowest BCUT2D eigenvalue weighted by Gasteiger charge is -2.30. The normalized spacial score (nSPS) is 12.0. The maximum atomic E-state index is 15.5. The van der Waals surface area contributed by atoms with Crippen molar-refractivity contribution in [1.82, 2.24) is 18.8 Å². The largest absolute Gasteiger partial charge is 0.444 e. The summed E-state index contributed by atoms with van der Waals surface area (Å²) in [6.07, 6.45) is 1.39. The monoisotopic (exact) mass is 478 g/mol. The summed E-state index contributed by atoms with van der Waals surface area (Å²) in [5.41, 5.74) is -1.31. The Balaban J connectivity index is 2.11. The fourth-order valence-electron chi connectivity index (χ4n) is 2.87. The molecule has 1 amide bonds. The minimum absolute atomic E-state index is 0.250. The van der Waals surface area contributed by atoms with Crippen LogP contribution < -0.4 is 0 Å². The molecule has 3 aromatic rings. The zero-order valence-corrected chi connectivity index (χ0v) is 19.7. The van der Waals surface area contributed by atoms with Gasteiger partial charge in [0.15, 0.2) is 10.8 Å². The van der Waals surface area contributed by atoms with Crippen molar-refractivity contribution in [2.75, 3.05) is 7.05 Å². The number of halogens is 2. The lowest BCUT2D eigenvalue weighted by Crippen LogP contribution is -2.42. The number of ether oxygens (including phenoxy) is 1. The lowest BCUT2D eigenvalue weighted by molar-refractivity contribution is 0.0753. The molecule has 0 atom stereocenters. The van der Waals surface area contributed by atoms with Crippen LogP contribution in [0, 0.1) is 18.7 Å². The molecule has 3 rings (SSSR count). The van der Waals surface area contributed by atoms with E-state index in [4.69, 9.17) is 4.74 Å². The molecule has 0 aromatic carbocycles. The van der Waals surface area contributed by atoms with Crippen LogP contribution in [0.3, 0.4) is 0 Å². The number of hydrogen-bond acceptors (Lipinski definition) is 6. The highest BCUT2D eigenvalue weighted by Gasteiger charge is 2.30. The van der Waals surface area contributed by atoms with E-state index in [0.717, 1.165) is 12.4 Å². The van der Waals surface area contributed by atoms with E-state index >= 15 is 4.39 Å². The van der Waals surface area contributed by atoms with Crippen LogP contribution in [0.5, 0.6) is 0 Å². The standard InChI is InChI=1S/C22H24F2N4O4S/c1-14-8-6-10-17(26-14)33(30,31)28-12-15(13-32-21(29)27(5)22(2,3)4)18(23)19(28)16-9-7-11-25-20(16)24/h6-12H,13H2,1-5H3. The number of carbonyl (C=O) groups excluding carboxylic acids is 1. The summed E-state index contributed by atoms with van der Waals surface area (Å²) in [5.74, 6) is -2.11. The van der Waals surface area contributed by atoms with Crippen molar-refractivity contribution in [3.8, 4) is 11.3 Å². The first-order valence-corrected chi connectivity index (χ1v) is 11.4. The Kier molecular flexibility index (Phi) is 6.55. The van der Waals surface area contributed by atoms with Crippen molar-refractivity contribution in [1.29, 1.82) is 0 Å². The fraction of sp³-hybridized carbons (Fsp3) is 0.318. The highest BCUT2D eigenvalue weighted by Crippen LogP contribution is 2.32. The second-order valence-corrected chi connectivity index (χ2v) is 10.1. The quantitative estimate of drug-likeness (QED) is 0.512. The number of hydrogen-bond donors (Lipinski definition) is 0. The summed E-state index contributed by atoms with van der Waals surface area (Å²) in [4.78, 5) is 21.1. The molecule has 0 aliphatic carbocycles. The smallest absolute Gasteiger partial charge is 0.410 e. The molecule has 0 saturated heterocycles. The molecule has 0 fully saturated rings. The first-order chi connectivity index (χ1) is 15.3. The number of aromatic nitrogens is 3. The predicted molar refractivity (Wildman–Crippen MR) is 117 cm³/mol. The minimum atomic E-state index is -4.42. The Morgan fingerprint density at radius 1 is 1.18 bits per heavy atom. The molecular weight excluding hydrogens is 454 g/mol. The molecule has 8 nitrogen and oxygen atoms in total. The number of nitrogens with zero attached hydrogens (tertiary/aromatic N) is 4. The van der Waals surface area contributed by atoms with Gasteiger partial charge in [-0.2, -0.15) is 12.8 Å². The number of pyridine rings is 2. The molecule has 0 N–H and O–H groups in total. The molecule has 0 aliphatic rings. The summed E-state index contributed by atoms with van der Waals surface area (Å²) >= 11 is 0. The zero-order chi connectivity index (χ0) is 24.6. The van der Waals surface area contributed by atoms with E-state index in [1.54, 1.807) is 33.8 Å². The third kappa shape index (κ3) is 4.87. The fourth-order valence-corrected chi connectivity index (χ4v) is 4.27. The molecule has 3 aromatic heterocycles. The summed E-state index contributed by atoms with van der Waals surface area (Å²) in [6, 6.07) is 6.91. The highest BCUT2D eigenvalue weighted by atomic mass is 32.2. The Hall–Kier alpha value is -3.34. The van der Waals surface area contributed by atoms with Gasteiger partial charge in [-0.25, -0.2) is 23.1 Å². The van der Waals surface area contributed by atoms with Crippen LogP contribution >= 0.6 is 0 Å². The SMILES string of the molecule is Cc1cccc(S(=O)(=O)n2cc(COC(=O)N(C)C(C)(C)C)c(F)c2-c2cccnc2F)n1. The van der Waals surface area contributed by atoms with Crippen LogP contribution in [0.15, 0.2) is 47.8 Å². The Labute approximate surface area is 190 Å². The second kappa shape index (κ2) is 8.89. The van der Waals surface area contributed by atoms with Crippen molar-refractivity contribution in [2.24, 2.45) is 0 Å². The van der Waals surface area contributed by atoms with Gasteiger partial charge in [0.1, 0.15) is 12.3 Å². The molecule has 0 unspecified atom stereocenters. The van der Waals surface area contributed by atoms with Gasteiger partial charge in [0.25, 0.3) is 10.0 Å². The maximum absolute atomic E-state index is 15.5. The first-order valence-electron chi connectivity index (χ1n) is 9.94. The van der Waals surface area contributed by atoms with Gasteiger partial charge < -0.3 is 9.64 Å². The maximum Gasteiger partial charge on any atom is 0.410 e. The average molecular weight is 479 g/mol. The summed E-state index contributed by atoms with van der Waals surface area (Å²) in [5, 5.41) is -0.348. The molecule has 11 heteroatoms. The van der Waals surface area contributed by atoms with Crippen LogP contribution in [0.25, 0.3) is 11.3 Å². The topological polar surface area (TPSA) is 94.4 Å². The molecule has 0 spiro atoms. The van der Waals surface area contributed by atoms with Gasteiger partial charge in [0.2, 0.25) is 5.95 Å². The second-order valence-electron chi connectivity index (χ2n) is 8.36. The lowest BCUT2D eigenvalue weighted by atomic mass is 10.1. The van der Waals surface area contributed by atoms with Crippen LogP contribution in [0.2, 0.25) is 0 Å². The molecule has 3 heterocycles. The van der Waals surface area contributed by atoms with Crippen molar-refractivity contribution >= 4 is 16.1 Å². The van der Waals surface area contributed by atoms with Crippen LogP contribution in [0.1, 0.15) is 32.0 Å². The van der Waals surface area contributed by atoms with E-state index < -0.39 is 45.7 Å². The van der Waals surface area contributed by atoms with Gasteiger partial charge in [-0.1, -0.05) is 6.07 Å². The Morgan fingerprint density at radius 3 is 2.48 bits per heavy atom. The van der Waals surface area contributed by atoms with E-state index in [1.165, 1.54) is 36.2 Å². The minimum Gasteiger partial charge on any atom is -0.444 e.